The van der Waals surface area contributed by atoms with Gasteiger partial charge in [0.1, 0.15) is 12.1 Å². The molecule has 4 N–H and O–H groups in total. The van der Waals surface area contributed by atoms with Crippen LogP contribution in [0.5, 0.6) is 0 Å². The first-order chi connectivity index (χ1) is 28.2. The van der Waals surface area contributed by atoms with Crippen LogP contribution in [0.3, 0.4) is 0 Å². The lowest BCUT2D eigenvalue weighted by atomic mass is 10.1. The van der Waals surface area contributed by atoms with E-state index in [1.165, 1.54) is 51.4 Å². The largest absolute Gasteiger partial charge is 0.480 e. The van der Waals surface area contributed by atoms with E-state index in [0.717, 1.165) is 96.3 Å². The van der Waals surface area contributed by atoms with E-state index < -0.39 is 45.1 Å². The van der Waals surface area contributed by atoms with Crippen LogP contribution in [0.25, 0.3) is 0 Å². The minimum atomic E-state index is -4.63. The monoisotopic (exact) mass is 836 g/mol. The molecule has 0 saturated heterocycles. The smallest absolute Gasteiger partial charge is 0.472 e. The zero-order valence-corrected chi connectivity index (χ0v) is 37.3. The van der Waals surface area contributed by atoms with Crippen LogP contribution in [-0.4, -0.2) is 60.5 Å². The highest BCUT2D eigenvalue weighted by molar-refractivity contribution is 7.47. The average molecular weight is 836 g/mol. The molecule has 58 heavy (non-hydrogen) atoms. The molecule has 0 spiro atoms. The lowest BCUT2D eigenvalue weighted by Gasteiger charge is -2.20. The second kappa shape index (κ2) is 42.5. The SMILES string of the molecule is CC/C=C\C/C=C\C/C=C\C/C=C\CCCCCCCOCC(COP(=O)(O)OCC(N)C(=O)O)OC(=O)CCCCCCCCC/C=C\C/C=C\CCCCCC. The van der Waals surface area contributed by atoms with Gasteiger partial charge in [-0.1, -0.05) is 157 Å². The molecule has 0 aliphatic rings. The van der Waals surface area contributed by atoms with Gasteiger partial charge in [0, 0.05) is 13.0 Å². The molecule has 3 atom stereocenters. The molecule has 0 aliphatic heterocycles. The molecule has 0 aliphatic carbocycles. The van der Waals surface area contributed by atoms with Crippen LogP contribution in [-0.2, 0) is 32.7 Å². The number of aliphatic carboxylic acids is 1. The Labute approximate surface area is 353 Å². The van der Waals surface area contributed by atoms with Crippen molar-refractivity contribution in [3.05, 3.63) is 72.9 Å². The van der Waals surface area contributed by atoms with Gasteiger partial charge in [0.05, 0.1) is 19.8 Å². The first-order valence-electron chi connectivity index (χ1n) is 22.5. The third-order valence-corrected chi connectivity index (χ3v) is 10.2. The topological polar surface area (TPSA) is 155 Å². The molecule has 0 aromatic carbocycles. The van der Waals surface area contributed by atoms with Crippen molar-refractivity contribution in [1.29, 1.82) is 0 Å². The fraction of sp³-hybridized carbons (Fsp3) is 0.702. The van der Waals surface area contributed by atoms with Gasteiger partial charge in [-0.15, -0.1) is 0 Å². The van der Waals surface area contributed by atoms with Gasteiger partial charge in [0.25, 0.3) is 0 Å². The van der Waals surface area contributed by atoms with Crippen molar-refractivity contribution in [3.8, 4) is 0 Å². The molecule has 11 heteroatoms. The van der Waals surface area contributed by atoms with Crippen LogP contribution in [0.1, 0.15) is 174 Å². The number of carbonyl (C=O) groups excluding carboxylic acids is 1. The second-order valence-electron chi connectivity index (χ2n) is 14.8. The van der Waals surface area contributed by atoms with E-state index in [0.29, 0.717) is 13.0 Å². The number of esters is 1. The Morgan fingerprint density at radius 2 is 1.00 bits per heavy atom. The van der Waals surface area contributed by atoms with E-state index >= 15 is 0 Å². The van der Waals surface area contributed by atoms with Crippen LogP contribution in [0.4, 0.5) is 0 Å². The highest BCUT2D eigenvalue weighted by Gasteiger charge is 2.27. The molecule has 0 rings (SSSR count). The molecule has 0 bridgehead atoms. The van der Waals surface area contributed by atoms with Crippen molar-refractivity contribution in [2.24, 2.45) is 5.73 Å². The average Bonchev–Trinajstić information content (AvgIpc) is 3.20. The molecular formula is C47H82NO9P. The van der Waals surface area contributed by atoms with Gasteiger partial charge in [-0.2, -0.15) is 0 Å². The van der Waals surface area contributed by atoms with E-state index in [1.54, 1.807) is 0 Å². The van der Waals surface area contributed by atoms with Gasteiger partial charge >= 0.3 is 19.8 Å². The van der Waals surface area contributed by atoms with Crippen molar-refractivity contribution in [1.82, 2.24) is 0 Å². The number of phosphoric ester groups is 1. The minimum Gasteiger partial charge on any atom is -0.480 e. The molecule has 3 unspecified atom stereocenters. The third kappa shape index (κ3) is 41.6. The Morgan fingerprint density at radius 3 is 1.50 bits per heavy atom. The Bertz CT molecular complexity index is 1200. The standard InChI is InChI=1S/C47H82NO9P/c1-3-5-7-9-11-13-15-17-19-21-23-25-27-29-31-33-35-37-39-46(49)57-44(42-55-58(52,53)56-43-45(48)47(50)51)41-54-40-38-36-34-32-30-28-26-24-22-20-18-16-14-12-10-8-6-4-2/h6,8,12-15,18-21,24,26,44-45H,3-5,7,9-11,16-17,22-23,25,27-43,48H2,1-2H3,(H,50,51)(H,52,53)/b8-6-,14-12-,15-13-,20-18-,21-19-,26-24-. The van der Waals surface area contributed by atoms with Gasteiger partial charge in [-0.3, -0.25) is 18.6 Å². The summed E-state index contributed by atoms with van der Waals surface area (Å²) in [4.78, 5) is 33.6. The molecule has 0 saturated carbocycles. The fourth-order valence-electron chi connectivity index (χ4n) is 5.74. The quantitative estimate of drug-likeness (QED) is 0.0234. The maximum Gasteiger partial charge on any atom is 0.472 e. The summed E-state index contributed by atoms with van der Waals surface area (Å²) in [5, 5.41) is 8.90. The number of rotatable bonds is 42. The summed E-state index contributed by atoms with van der Waals surface area (Å²) in [6.07, 6.45) is 52.3. The number of hydrogen-bond acceptors (Lipinski definition) is 8. The summed E-state index contributed by atoms with van der Waals surface area (Å²) in [5.41, 5.74) is 5.36. The maximum absolute atomic E-state index is 12.6. The number of carboxylic acids is 1. The van der Waals surface area contributed by atoms with Crippen molar-refractivity contribution < 1.29 is 42.7 Å². The Balaban J connectivity index is 4.29. The summed E-state index contributed by atoms with van der Waals surface area (Å²) >= 11 is 0. The highest BCUT2D eigenvalue weighted by Crippen LogP contribution is 2.43. The van der Waals surface area contributed by atoms with Gasteiger partial charge in [0.2, 0.25) is 0 Å². The predicted molar refractivity (Wildman–Crippen MR) is 240 cm³/mol. The summed E-state index contributed by atoms with van der Waals surface area (Å²) in [5.74, 6) is -1.80. The van der Waals surface area contributed by atoms with Crippen molar-refractivity contribution in [3.63, 3.8) is 0 Å². The van der Waals surface area contributed by atoms with Gasteiger partial charge in [0.15, 0.2) is 0 Å². The van der Waals surface area contributed by atoms with E-state index in [1.807, 2.05) is 0 Å². The van der Waals surface area contributed by atoms with Crippen LogP contribution >= 0.6 is 7.82 Å². The number of phosphoric acid groups is 1. The zero-order valence-electron chi connectivity index (χ0n) is 36.4. The lowest BCUT2D eigenvalue weighted by molar-refractivity contribution is -0.154. The number of unbranched alkanes of at least 4 members (excludes halogenated alkanes) is 16. The zero-order chi connectivity index (χ0) is 42.6. The van der Waals surface area contributed by atoms with Gasteiger partial charge in [-0.05, 0) is 83.5 Å². The molecule has 0 amide bonds. The maximum atomic E-state index is 12.6. The molecular weight excluding hydrogens is 753 g/mol. The number of nitrogens with two attached hydrogens (primary N) is 1. The number of allylic oxidation sites excluding steroid dienone is 12. The first-order valence-corrected chi connectivity index (χ1v) is 24.0. The molecule has 0 aromatic heterocycles. The Morgan fingerprint density at radius 1 is 0.569 bits per heavy atom. The van der Waals surface area contributed by atoms with Crippen LogP contribution in [0, 0.1) is 0 Å². The summed E-state index contributed by atoms with van der Waals surface area (Å²) in [6.45, 7) is 3.69. The first kappa shape index (κ1) is 55.4. The Hall–Kier alpha value is -2.59. The lowest BCUT2D eigenvalue weighted by Crippen LogP contribution is -2.34. The van der Waals surface area contributed by atoms with E-state index in [9.17, 15) is 19.0 Å². The molecule has 334 valence electrons. The molecule has 0 aromatic rings. The second-order valence-corrected chi connectivity index (χ2v) is 16.2. The summed E-state index contributed by atoms with van der Waals surface area (Å²) in [7, 11) is -4.63. The van der Waals surface area contributed by atoms with Crippen molar-refractivity contribution >= 4 is 19.8 Å². The van der Waals surface area contributed by atoms with E-state index in [-0.39, 0.29) is 13.0 Å². The van der Waals surface area contributed by atoms with Crippen molar-refractivity contribution in [2.75, 3.05) is 26.4 Å². The minimum absolute atomic E-state index is 0.00275. The van der Waals surface area contributed by atoms with Crippen molar-refractivity contribution in [2.45, 2.75) is 187 Å². The molecule has 0 radical (unpaired) electrons. The van der Waals surface area contributed by atoms with E-state index in [4.69, 9.17) is 29.4 Å². The number of ether oxygens (including phenoxy) is 2. The number of hydrogen-bond donors (Lipinski definition) is 3. The summed E-state index contributed by atoms with van der Waals surface area (Å²) in [6, 6.07) is -1.48. The molecule has 0 fully saturated rings. The highest BCUT2D eigenvalue weighted by atomic mass is 31.2. The van der Waals surface area contributed by atoms with Crippen LogP contribution < -0.4 is 5.73 Å². The van der Waals surface area contributed by atoms with Crippen LogP contribution in [0.15, 0.2) is 72.9 Å². The fourth-order valence-corrected chi connectivity index (χ4v) is 6.52. The predicted octanol–water partition coefficient (Wildman–Crippen LogP) is 12.6. The third-order valence-electron chi connectivity index (χ3n) is 9.22. The summed E-state index contributed by atoms with van der Waals surface area (Å²) < 4.78 is 33.4. The Kier molecular flexibility index (Phi) is 40.6. The normalized spacial score (nSPS) is 14.6. The molecule has 10 nitrogen and oxygen atoms in total. The van der Waals surface area contributed by atoms with Crippen LogP contribution in [0.2, 0.25) is 0 Å². The van der Waals surface area contributed by atoms with Gasteiger partial charge in [-0.25, -0.2) is 4.57 Å². The van der Waals surface area contributed by atoms with Gasteiger partial charge < -0.3 is 25.2 Å². The number of carbonyl (C=O) groups is 2. The number of carboxylic acid groups (broad SMARTS) is 1. The van der Waals surface area contributed by atoms with E-state index in [2.05, 4.69) is 86.8 Å². The molecule has 0 heterocycles.